The molecule has 2 rings (SSSR count). The van der Waals surface area contributed by atoms with Gasteiger partial charge < -0.3 is 10.3 Å². The van der Waals surface area contributed by atoms with Crippen molar-refractivity contribution in [2.24, 2.45) is 11.7 Å². The van der Waals surface area contributed by atoms with E-state index in [0.29, 0.717) is 11.7 Å². The van der Waals surface area contributed by atoms with Crippen molar-refractivity contribution in [1.29, 1.82) is 0 Å². The van der Waals surface area contributed by atoms with Crippen molar-refractivity contribution in [2.75, 3.05) is 0 Å². The van der Waals surface area contributed by atoms with Crippen LogP contribution >= 0.6 is 0 Å². The van der Waals surface area contributed by atoms with E-state index in [2.05, 4.69) is 15.1 Å². The fourth-order valence-corrected chi connectivity index (χ4v) is 1.74. The number of aromatic nitrogens is 3. The second kappa shape index (κ2) is 4.86. The summed E-state index contributed by atoms with van der Waals surface area (Å²) >= 11 is 0. The molecule has 5 heteroatoms. The number of rotatable bonds is 3. The van der Waals surface area contributed by atoms with E-state index in [1.807, 2.05) is 39.8 Å². The molecular formula is C13H18N4O. The number of hydrogen-bond donors (Lipinski definition) is 1. The van der Waals surface area contributed by atoms with Crippen molar-refractivity contribution in [3.8, 4) is 11.4 Å². The van der Waals surface area contributed by atoms with Gasteiger partial charge in [-0.15, -0.1) is 0 Å². The Kier molecular flexibility index (Phi) is 3.43. The standard InChI is InChI=1S/C13H18N4O/c1-7(2)11(14)13-16-12(17-18-13)10-5-8(3)15-9(4)6-10/h5-7,11H,14H2,1-4H3/t11-/m0/s1. The quantitative estimate of drug-likeness (QED) is 0.899. The van der Waals surface area contributed by atoms with E-state index >= 15 is 0 Å². The number of hydrogen-bond acceptors (Lipinski definition) is 5. The summed E-state index contributed by atoms with van der Waals surface area (Å²) in [5.74, 6) is 1.31. The smallest absolute Gasteiger partial charge is 0.244 e. The first-order chi connectivity index (χ1) is 8.47. The maximum Gasteiger partial charge on any atom is 0.244 e. The summed E-state index contributed by atoms with van der Waals surface area (Å²) in [5, 5.41) is 3.98. The lowest BCUT2D eigenvalue weighted by Crippen LogP contribution is -2.16. The van der Waals surface area contributed by atoms with Gasteiger partial charge in [0.15, 0.2) is 0 Å². The van der Waals surface area contributed by atoms with Gasteiger partial charge in [-0.05, 0) is 31.9 Å². The summed E-state index contributed by atoms with van der Waals surface area (Å²) in [6, 6.07) is 3.64. The molecule has 0 spiro atoms. The van der Waals surface area contributed by atoms with Crippen LogP contribution in [0.2, 0.25) is 0 Å². The molecule has 0 aliphatic heterocycles. The third-order valence-electron chi connectivity index (χ3n) is 2.78. The number of nitrogens with two attached hydrogens (primary N) is 1. The fourth-order valence-electron chi connectivity index (χ4n) is 1.74. The van der Waals surface area contributed by atoms with Gasteiger partial charge in [0.25, 0.3) is 0 Å². The molecule has 1 atom stereocenters. The highest BCUT2D eigenvalue weighted by atomic mass is 16.5. The van der Waals surface area contributed by atoms with Crippen molar-refractivity contribution in [1.82, 2.24) is 15.1 Å². The van der Waals surface area contributed by atoms with E-state index in [4.69, 9.17) is 10.3 Å². The zero-order valence-electron chi connectivity index (χ0n) is 11.1. The molecule has 0 saturated carbocycles. The zero-order chi connectivity index (χ0) is 13.3. The predicted octanol–water partition coefficient (Wildman–Crippen LogP) is 2.40. The lowest BCUT2D eigenvalue weighted by molar-refractivity contribution is 0.325. The Labute approximate surface area is 106 Å². The molecule has 0 saturated heterocycles. The average Bonchev–Trinajstić information content (AvgIpc) is 2.75. The maximum atomic E-state index is 5.98. The SMILES string of the molecule is Cc1cc(-c2noc([C@@H](N)C(C)C)n2)cc(C)n1. The predicted molar refractivity (Wildman–Crippen MR) is 68.8 cm³/mol. The molecule has 18 heavy (non-hydrogen) atoms. The topological polar surface area (TPSA) is 77.8 Å². The van der Waals surface area contributed by atoms with E-state index in [1.165, 1.54) is 0 Å². The van der Waals surface area contributed by atoms with Crippen LogP contribution in [-0.4, -0.2) is 15.1 Å². The third kappa shape index (κ3) is 2.56. The van der Waals surface area contributed by atoms with E-state index in [9.17, 15) is 0 Å². The highest BCUT2D eigenvalue weighted by Crippen LogP contribution is 2.22. The Hall–Kier alpha value is -1.75. The molecule has 2 N–H and O–H groups in total. The van der Waals surface area contributed by atoms with Gasteiger partial charge in [0.05, 0.1) is 6.04 Å². The molecule has 2 aromatic rings. The Morgan fingerprint density at radius 2 is 1.72 bits per heavy atom. The largest absolute Gasteiger partial charge is 0.337 e. The van der Waals surface area contributed by atoms with E-state index in [0.717, 1.165) is 17.0 Å². The molecule has 0 aliphatic rings. The number of aryl methyl sites for hydroxylation is 2. The average molecular weight is 246 g/mol. The molecule has 0 aliphatic carbocycles. The summed E-state index contributed by atoms with van der Waals surface area (Å²) in [5.41, 5.74) is 8.76. The highest BCUT2D eigenvalue weighted by Gasteiger charge is 2.18. The number of nitrogens with zero attached hydrogens (tertiary/aromatic N) is 3. The normalized spacial score (nSPS) is 13.0. The summed E-state index contributed by atoms with van der Waals surface area (Å²) < 4.78 is 5.22. The Bertz CT molecular complexity index is 527. The van der Waals surface area contributed by atoms with Crippen LogP contribution in [0.1, 0.15) is 37.2 Å². The van der Waals surface area contributed by atoms with Crippen LogP contribution in [0.15, 0.2) is 16.7 Å². The molecule has 0 bridgehead atoms. The first-order valence-corrected chi connectivity index (χ1v) is 6.02. The van der Waals surface area contributed by atoms with Crippen LogP contribution < -0.4 is 5.73 Å². The Morgan fingerprint density at radius 1 is 1.11 bits per heavy atom. The molecule has 0 amide bonds. The van der Waals surface area contributed by atoms with Crippen molar-refractivity contribution >= 4 is 0 Å². The third-order valence-corrected chi connectivity index (χ3v) is 2.78. The maximum absolute atomic E-state index is 5.98. The second-order valence-electron chi connectivity index (χ2n) is 4.86. The van der Waals surface area contributed by atoms with Crippen molar-refractivity contribution in [3.63, 3.8) is 0 Å². The highest BCUT2D eigenvalue weighted by molar-refractivity contribution is 5.55. The van der Waals surface area contributed by atoms with E-state index in [1.54, 1.807) is 0 Å². The molecule has 0 radical (unpaired) electrons. The first kappa shape index (κ1) is 12.7. The summed E-state index contributed by atoms with van der Waals surface area (Å²) in [6.45, 7) is 7.93. The van der Waals surface area contributed by atoms with Crippen LogP contribution in [0.5, 0.6) is 0 Å². The van der Waals surface area contributed by atoms with Crippen molar-refractivity contribution in [2.45, 2.75) is 33.7 Å². The fraction of sp³-hybridized carbons (Fsp3) is 0.462. The van der Waals surface area contributed by atoms with Crippen LogP contribution in [-0.2, 0) is 0 Å². The van der Waals surface area contributed by atoms with Crippen LogP contribution in [0.25, 0.3) is 11.4 Å². The minimum absolute atomic E-state index is 0.227. The van der Waals surface area contributed by atoms with Gasteiger partial charge >= 0.3 is 0 Å². The van der Waals surface area contributed by atoms with E-state index in [-0.39, 0.29) is 12.0 Å². The van der Waals surface area contributed by atoms with Gasteiger partial charge in [0, 0.05) is 17.0 Å². The van der Waals surface area contributed by atoms with Crippen LogP contribution in [0.4, 0.5) is 0 Å². The Morgan fingerprint density at radius 3 is 2.28 bits per heavy atom. The van der Waals surface area contributed by atoms with Gasteiger partial charge in [-0.3, -0.25) is 4.98 Å². The minimum Gasteiger partial charge on any atom is -0.337 e. The molecule has 5 nitrogen and oxygen atoms in total. The van der Waals surface area contributed by atoms with Gasteiger partial charge in [0.2, 0.25) is 11.7 Å². The van der Waals surface area contributed by atoms with Gasteiger partial charge in [-0.25, -0.2) is 0 Å². The lowest BCUT2D eigenvalue weighted by atomic mass is 10.1. The number of pyridine rings is 1. The monoisotopic (exact) mass is 246 g/mol. The molecule has 2 heterocycles. The van der Waals surface area contributed by atoms with Crippen molar-refractivity contribution in [3.05, 3.63) is 29.4 Å². The summed E-state index contributed by atoms with van der Waals surface area (Å²) in [4.78, 5) is 8.67. The van der Waals surface area contributed by atoms with Gasteiger partial charge in [-0.2, -0.15) is 4.98 Å². The minimum atomic E-state index is -0.227. The molecular weight excluding hydrogens is 228 g/mol. The second-order valence-corrected chi connectivity index (χ2v) is 4.86. The van der Waals surface area contributed by atoms with Gasteiger partial charge in [0.1, 0.15) is 0 Å². The summed E-state index contributed by atoms with van der Waals surface area (Å²) in [7, 11) is 0. The molecule has 0 aromatic carbocycles. The molecule has 96 valence electrons. The van der Waals surface area contributed by atoms with Crippen LogP contribution in [0.3, 0.4) is 0 Å². The molecule has 0 unspecified atom stereocenters. The molecule has 0 fully saturated rings. The van der Waals surface area contributed by atoms with Gasteiger partial charge in [-0.1, -0.05) is 19.0 Å². The Balaban J connectivity index is 2.35. The molecule has 2 aromatic heterocycles. The lowest BCUT2D eigenvalue weighted by Gasteiger charge is -2.09. The van der Waals surface area contributed by atoms with Crippen LogP contribution in [0, 0.1) is 19.8 Å². The van der Waals surface area contributed by atoms with Crippen molar-refractivity contribution < 1.29 is 4.52 Å². The first-order valence-electron chi connectivity index (χ1n) is 6.02. The zero-order valence-corrected chi connectivity index (χ0v) is 11.1. The summed E-state index contributed by atoms with van der Waals surface area (Å²) in [6.07, 6.45) is 0. The van der Waals surface area contributed by atoms with E-state index < -0.39 is 0 Å².